The van der Waals surface area contributed by atoms with Gasteiger partial charge < -0.3 is 14.8 Å². The van der Waals surface area contributed by atoms with Crippen LogP contribution in [0.4, 0.5) is 5.69 Å². The number of hydrogen-bond acceptors (Lipinski definition) is 3. The molecule has 0 aliphatic carbocycles. The molecule has 1 atom stereocenters. The molecule has 4 heteroatoms. The van der Waals surface area contributed by atoms with E-state index in [4.69, 9.17) is 9.47 Å². The van der Waals surface area contributed by atoms with E-state index in [-0.39, 0.29) is 12.0 Å². The van der Waals surface area contributed by atoms with E-state index in [9.17, 15) is 4.79 Å². The highest BCUT2D eigenvalue weighted by Gasteiger charge is 2.33. The summed E-state index contributed by atoms with van der Waals surface area (Å²) in [4.78, 5) is 12.9. The summed E-state index contributed by atoms with van der Waals surface area (Å²) in [5.74, 6) is 0.815. The summed E-state index contributed by atoms with van der Waals surface area (Å²) in [5, 5.41) is 3.04. The maximum atomic E-state index is 12.9. The fraction of sp³-hybridized carbons (Fsp3) is 0.667. The molecule has 0 unspecified atom stereocenters. The Balaban J connectivity index is 2.96. The van der Waals surface area contributed by atoms with Crippen molar-refractivity contribution in [1.82, 2.24) is 0 Å². The lowest BCUT2D eigenvalue weighted by Gasteiger charge is -2.29. The van der Waals surface area contributed by atoms with Gasteiger partial charge in [-0.15, -0.1) is 0 Å². The molecule has 1 rings (SSSR count). The summed E-state index contributed by atoms with van der Waals surface area (Å²) >= 11 is 0. The summed E-state index contributed by atoms with van der Waals surface area (Å²) in [6, 6.07) is 3.92. The van der Waals surface area contributed by atoms with Gasteiger partial charge in [-0.25, -0.2) is 0 Å². The van der Waals surface area contributed by atoms with Crippen LogP contribution in [0.1, 0.15) is 71.4 Å². The van der Waals surface area contributed by atoms with Crippen LogP contribution in [0.25, 0.3) is 0 Å². The van der Waals surface area contributed by atoms with Gasteiger partial charge in [0.1, 0.15) is 11.4 Å². The molecule has 0 aliphatic rings. The number of amides is 1. The van der Waals surface area contributed by atoms with Gasteiger partial charge in [-0.2, -0.15) is 0 Å². The quantitative estimate of drug-likeness (QED) is 0.615. The van der Waals surface area contributed by atoms with E-state index in [2.05, 4.69) is 19.2 Å². The molecule has 0 radical (unpaired) electrons. The molecule has 0 saturated heterocycles. The second-order valence-corrected chi connectivity index (χ2v) is 7.24. The van der Waals surface area contributed by atoms with Crippen molar-refractivity contribution in [2.45, 2.75) is 85.9 Å². The highest BCUT2D eigenvalue weighted by Crippen LogP contribution is 2.29. The highest BCUT2D eigenvalue weighted by atomic mass is 16.5. The molecule has 1 amide bonds. The predicted molar refractivity (Wildman–Crippen MR) is 104 cm³/mol. The Morgan fingerprint density at radius 3 is 2.24 bits per heavy atom. The Bertz CT molecular complexity index is 535. The Morgan fingerprint density at radius 1 is 1.16 bits per heavy atom. The number of benzene rings is 1. The number of nitrogens with one attached hydrogen (secondary N) is 1. The van der Waals surface area contributed by atoms with Crippen LogP contribution in [0.2, 0.25) is 0 Å². The molecule has 0 heterocycles. The molecule has 4 nitrogen and oxygen atoms in total. The molecule has 0 spiro atoms. The van der Waals surface area contributed by atoms with Crippen LogP contribution >= 0.6 is 0 Å². The number of carbonyl (C=O) groups is 1. The molecular formula is C21H35NO3. The highest BCUT2D eigenvalue weighted by molar-refractivity contribution is 5.97. The summed E-state index contributed by atoms with van der Waals surface area (Å²) in [7, 11) is 0. The van der Waals surface area contributed by atoms with Crippen molar-refractivity contribution in [2.75, 3.05) is 11.9 Å². The molecule has 1 N–H and O–H groups in total. The summed E-state index contributed by atoms with van der Waals surface area (Å²) in [6.45, 7) is 14.7. The number of ether oxygens (including phenoxy) is 2. The lowest BCUT2D eigenvalue weighted by Crippen LogP contribution is -2.43. The minimum Gasteiger partial charge on any atom is -0.490 e. The second kappa shape index (κ2) is 9.81. The average Bonchev–Trinajstić information content (AvgIpc) is 2.54. The summed E-state index contributed by atoms with van der Waals surface area (Å²) in [5.41, 5.74) is 2.04. The smallest absolute Gasteiger partial charge is 0.256 e. The van der Waals surface area contributed by atoms with E-state index in [1.54, 1.807) is 0 Å². The van der Waals surface area contributed by atoms with Gasteiger partial charge in [-0.05, 0) is 70.7 Å². The van der Waals surface area contributed by atoms with Gasteiger partial charge in [0.2, 0.25) is 0 Å². The van der Waals surface area contributed by atoms with E-state index in [1.165, 1.54) is 0 Å². The average molecular weight is 350 g/mol. The molecule has 0 aliphatic heterocycles. The van der Waals surface area contributed by atoms with Gasteiger partial charge in [0, 0.05) is 12.3 Å². The monoisotopic (exact) mass is 349 g/mol. The Kier molecular flexibility index (Phi) is 8.43. The van der Waals surface area contributed by atoms with E-state index >= 15 is 0 Å². The van der Waals surface area contributed by atoms with Gasteiger partial charge in [0.25, 0.3) is 5.91 Å². The van der Waals surface area contributed by atoms with E-state index in [0.717, 1.165) is 48.2 Å². The van der Waals surface area contributed by atoms with Crippen LogP contribution in [0.3, 0.4) is 0 Å². The van der Waals surface area contributed by atoms with Crippen LogP contribution in [0.5, 0.6) is 5.75 Å². The Hall–Kier alpha value is -1.55. The second-order valence-electron chi connectivity index (χ2n) is 7.24. The summed E-state index contributed by atoms with van der Waals surface area (Å²) < 4.78 is 11.8. The van der Waals surface area contributed by atoms with Crippen molar-refractivity contribution in [3.8, 4) is 5.75 Å². The van der Waals surface area contributed by atoms with Gasteiger partial charge >= 0.3 is 0 Å². The predicted octanol–water partition coefficient (Wildman–Crippen LogP) is 5.40. The number of unbranched alkanes of at least 4 members (excludes halogenated alkanes) is 1. The van der Waals surface area contributed by atoms with Gasteiger partial charge in [-0.1, -0.05) is 26.7 Å². The van der Waals surface area contributed by atoms with E-state index < -0.39 is 5.60 Å². The van der Waals surface area contributed by atoms with Crippen LogP contribution in [-0.2, 0) is 9.53 Å². The third kappa shape index (κ3) is 6.35. The zero-order valence-corrected chi connectivity index (χ0v) is 17.0. The molecule has 25 heavy (non-hydrogen) atoms. The molecule has 142 valence electrons. The number of rotatable bonds is 10. The number of hydrogen-bond donors (Lipinski definition) is 1. The molecular weight excluding hydrogens is 314 g/mol. The lowest BCUT2D eigenvalue weighted by molar-refractivity contribution is -0.140. The van der Waals surface area contributed by atoms with Gasteiger partial charge in [-0.3, -0.25) is 4.79 Å². The first-order chi connectivity index (χ1) is 11.7. The maximum Gasteiger partial charge on any atom is 0.256 e. The standard InChI is InChI=1S/C21H35NO3/c1-8-10-11-21(7,24-12-9-2)20(23)22-18-13-16(5)19(17(6)14-18)25-15(3)4/h13-15H,8-12H2,1-7H3,(H,22,23)/t21-/m1/s1. The number of carbonyl (C=O) groups excluding carboxylic acids is 1. The largest absolute Gasteiger partial charge is 0.490 e. The van der Waals surface area contributed by atoms with Crippen LogP contribution < -0.4 is 10.1 Å². The minimum absolute atomic E-state index is 0.0780. The van der Waals surface area contributed by atoms with Crippen molar-refractivity contribution in [3.63, 3.8) is 0 Å². The van der Waals surface area contributed by atoms with E-state index in [1.807, 2.05) is 46.8 Å². The summed E-state index contributed by atoms with van der Waals surface area (Å²) in [6.07, 6.45) is 3.75. The molecule has 0 aromatic heterocycles. The fourth-order valence-corrected chi connectivity index (χ4v) is 2.80. The zero-order chi connectivity index (χ0) is 19.0. The van der Waals surface area contributed by atoms with Crippen LogP contribution in [0.15, 0.2) is 12.1 Å². The zero-order valence-electron chi connectivity index (χ0n) is 17.0. The first-order valence-electron chi connectivity index (χ1n) is 9.46. The Labute approximate surface area is 153 Å². The van der Waals surface area contributed by atoms with Crippen molar-refractivity contribution >= 4 is 11.6 Å². The topological polar surface area (TPSA) is 47.6 Å². The minimum atomic E-state index is -0.791. The van der Waals surface area contributed by atoms with Crippen molar-refractivity contribution in [1.29, 1.82) is 0 Å². The molecule has 1 aromatic carbocycles. The van der Waals surface area contributed by atoms with Crippen LogP contribution in [0, 0.1) is 13.8 Å². The fourth-order valence-electron chi connectivity index (χ4n) is 2.80. The molecule has 1 aromatic rings. The molecule has 0 fully saturated rings. The van der Waals surface area contributed by atoms with Crippen molar-refractivity contribution < 1.29 is 14.3 Å². The Morgan fingerprint density at radius 2 is 1.76 bits per heavy atom. The third-order valence-electron chi connectivity index (χ3n) is 4.18. The SMILES string of the molecule is CCCC[C@@](C)(OCCC)C(=O)Nc1cc(C)c(OC(C)C)c(C)c1. The normalized spacial score (nSPS) is 13.6. The lowest BCUT2D eigenvalue weighted by atomic mass is 9.97. The molecule has 0 saturated carbocycles. The number of anilines is 1. The first kappa shape index (κ1) is 21.5. The van der Waals surface area contributed by atoms with Crippen molar-refractivity contribution in [2.24, 2.45) is 0 Å². The third-order valence-corrected chi connectivity index (χ3v) is 4.18. The van der Waals surface area contributed by atoms with E-state index in [0.29, 0.717) is 6.61 Å². The van der Waals surface area contributed by atoms with Crippen molar-refractivity contribution in [3.05, 3.63) is 23.3 Å². The molecule has 0 bridgehead atoms. The first-order valence-corrected chi connectivity index (χ1v) is 9.46. The van der Waals surface area contributed by atoms with Crippen LogP contribution in [-0.4, -0.2) is 24.2 Å². The van der Waals surface area contributed by atoms with Gasteiger partial charge in [0.15, 0.2) is 0 Å². The maximum absolute atomic E-state index is 12.9. The van der Waals surface area contributed by atoms with Gasteiger partial charge in [0.05, 0.1) is 6.10 Å². The number of aryl methyl sites for hydroxylation is 2.